The number of aromatic nitrogens is 2. The van der Waals surface area contributed by atoms with Gasteiger partial charge in [0.2, 0.25) is 10.0 Å². The number of hydrogen-bond donors (Lipinski definition) is 1. The third kappa shape index (κ3) is 5.55. The number of hydrogen-bond acceptors (Lipinski definition) is 4. The van der Waals surface area contributed by atoms with E-state index < -0.39 is 21.8 Å². The molecule has 2 aliphatic heterocycles. The van der Waals surface area contributed by atoms with Crippen LogP contribution in [0.25, 0.3) is 0 Å². The van der Waals surface area contributed by atoms with Gasteiger partial charge in [0, 0.05) is 37.4 Å². The van der Waals surface area contributed by atoms with Gasteiger partial charge in [0.15, 0.2) is 5.69 Å². The Balaban J connectivity index is 1.49. The van der Waals surface area contributed by atoms with E-state index in [9.17, 15) is 26.4 Å². The minimum atomic E-state index is -4.42. The molecule has 0 spiro atoms. The fourth-order valence-electron chi connectivity index (χ4n) is 5.06. The van der Waals surface area contributed by atoms with Crippen LogP contribution in [-0.4, -0.2) is 59.1 Å². The van der Waals surface area contributed by atoms with Crippen molar-refractivity contribution in [3.05, 3.63) is 52.3 Å². The van der Waals surface area contributed by atoms with Crippen LogP contribution in [0.2, 0.25) is 0 Å². The number of likely N-dealkylation sites (tertiary alicyclic amines) is 1. The Kier molecular flexibility index (Phi) is 7.28. The number of rotatable bonds is 5. The Morgan fingerprint density at radius 1 is 1.17 bits per heavy atom. The SMILES string of the molecule is CC(C)CS(=O)(=O)N1CCCc2[nH]nc(C(=O)N3CCC(c4ccccc4C(F)(F)F)CC3)c2C1. The summed E-state index contributed by atoms with van der Waals surface area (Å²) >= 11 is 0. The van der Waals surface area contributed by atoms with Crippen LogP contribution in [0.5, 0.6) is 0 Å². The van der Waals surface area contributed by atoms with Crippen LogP contribution >= 0.6 is 0 Å². The lowest BCUT2D eigenvalue weighted by Crippen LogP contribution is -2.39. The van der Waals surface area contributed by atoms with Gasteiger partial charge in [0.25, 0.3) is 5.91 Å². The summed E-state index contributed by atoms with van der Waals surface area (Å²) in [6.45, 7) is 4.81. The molecule has 7 nitrogen and oxygen atoms in total. The normalized spacial score (nSPS) is 18.5. The lowest BCUT2D eigenvalue weighted by atomic mass is 9.86. The molecule has 1 fully saturated rings. The second-order valence-electron chi connectivity index (χ2n) is 9.79. The maximum Gasteiger partial charge on any atom is 0.416 e. The molecular weight excluding hydrogens is 481 g/mol. The van der Waals surface area contributed by atoms with Crippen molar-refractivity contribution < 1.29 is 26.4 Å². The highest BCUT2D eigenvalue weighted by molar-refractivity contribution is 7.89. The molecule has 0 unspecified atom stereocenters. The molecule has 0 saturated carbocycles. The van der Waals surface area contributed by atoms with Crippen molar-refractivity contribution in [2.24, 2.45) is 5.92 Å². The van der Waals surface area contributed by atoms with Crippen LogP contribution < -0.4 is 0 Å². The number of carbonyl (C=O) groups is 1. The number of H-pyrrole nitrogens is 1. The van der Waals surface area contributed by atoms with E-state index in [2.05, 4.69) is 10.2 Å². The second kappa shape index (κ2) is 9.93. The van der Waals surface area contributed by atoms with Crippen molar-refractivity contribution in [2.45, 2.75) is 58.2 Å². The van der Waals surface area contributed by atoms with Crippen molar-refractivity contribution in [1.82, 2.24) is 19.4 Å². The lowest BCUT2D eigenvalue weighted by Gasteiger charge is -2.33. The van der Waals surface area contributed by atoms with Gasteiger partial charge in [-0.25, -0.2) is 8.42 Å². The Hall–Kier alpha value is -2.40. The topological polar surface area (TPSA) is 86.4 Å². The Bertz CT molecular complexity index is 1170. The second-order valence-corrected chi connectivity index (χ2v) is 11.8. The fraction of sp³-hybridized carbons (Fsp3) is 0.583. The molecule has 1 amide bonds. The zero-order valence-corrected chi connectivity index (χ0v) is 20.8. The maximum atomic E-state index is 13.4. The molecule has 4 rings (SSSR count). The summed E-state index contributed by atoms with van der Waals surface area (Å²) in [6.07, 6.45) is -2.36. The first-order valence-electron chi connectivity index (χ1n) is 12.0. The van der Waals surface area contributed by atoms with Gasteiger partial charge in [-0.1, -0.05) is 32.0 Å². The number of nitrogens with one attached hydrogen (secondary N) is 1. The molecule has 1 saturated heterocycles. The summed E-state index contributed by atoms with van der Waals surface area (Å²) in [6, 6.07) is 5.62. The molecule has 1 aromatic carbocycles. The van der Waals surface area contributed by atoms with Crippen LogP contribution in [0.15, 0.2) is 24.3 Å². The van der Waals surface area contributed by atoms with Gasteiger partial charge >= 0.3 is 6.18 Å². The number of sulfonamides is 1. The van der Waals surface area contributed by atoms with E-state index in [1.54, 1.807) is 11.0 Å². The number of carbonyl (C=O) groups excluding carboxylic acids is 1. The predicted molar refractivity (Wildman–Crippen MR) is 125 cm³/mol. The van der Waals surface area contributed by atoms with E-state index in [4.69, 9.17) is 0 Å². The molecule has 2 aliphatic rings. The number of amides is 1. The summed E-state index contributed by atoms with van der Waals surface area (Å²) in [5, 5.41) is 7.14. The van der Waals surface area contributed by atoms with Crippen LogP contribution in [0.4, 0.5) is 13.2 Å². The third-order valence-electron chi connectivity index (χ3n) is 6.75. The van der Waals surface area contributed by atoms with Crippen LogP contribution in [0.3, 0.4) is 0 Å². The molecule has 3 heterocycles. The molecule has 35 heavy (non-hydrogen) atoms. The first-order valence-corrected chi connectivity index (χ1v) is 13.6. The molecule has 0 bridgehead atoms. The number of piperidine rings is 1. The quantitative estimate of drug-likeness (QED) is 0.651. The number of aromatic amines is 1. The molecule has 0 aliphatic carbocycles. The average molecular weight is 513 g/mol. The molecule has 2 aromatic rings. The molecular formula is C24H31F3N4O3S. The molecule has 0 radical (unpaired) electrons. The van der Waals surface area contributed by atoms with Crippen LogP contribution in [0, 0.1) is 5.92 Å². The van der Waals surface area contributed by atoms with Gasteiger partial charge < -0.3 is 4.90 Å². The monoisotopic (exact) mass is 512 g/mol. The summed E-state index contributed by atoms with van der Waals surface area (Å²) in [5.41, 5.74) is 1.23. The van der Waals surface area contributed by atoms with E-state index in [0.717, 1.165) is 11.8 Å². The highest BCUT2D eigenvalue weighted by Gasteiger charge is 2.37. The smallest absolute Gasteiger partial charge is 0.337 e. The molecule has 0 atom stereocenters. The van der Waals surface area contributed by atoms with E-state index in [1.807, 2.05) is 13.8 Å². The van der Waals surface area contributed by atoms with Gasteiger partial charge in [-0.15, -0.1) is 0 Å². The van der Waals surface area contributed by atoms with Crippen molar-refractivity contribution in [2.75, 3.05) is 25.4 Å². The minimum Gasteiger partial charge on any atom is -0.337 e. The Morgan fingerprint density at radius 2 is 1.86 bits per heavy atom. The van der Waals surface area contributed by atoms with E-state index >= 15 is 0 Å². The lowest BCUT2D eigenvalue weighted by molar-refractivity contribution is -0.138. The highest BCUT2D eigenvalue weighted by Crippen LogP contribution is 2.39. The molecule has 192 valence electrons. The number of halogens is 3. The van der Waals surface area contributed by atoms with Gasteiger partial charge in [-0.05, 0) is 49.1 Å². The zero-order chi connectivity index (χ0) is 25.4. The standard InChI is InChI=1S/C24H31F3N4O3S/c1-16(2)15-35(33,34)31-11-5-8-21-19(14-31)22(29-28-21)23(32)30-12-9-17(10-13-30)18-6-3-4-7-20(18)24(25,26)27/h3-4,6-7,16-17H,5,8-15H2,1-2H3,(H,28,29). The third-order valence-corrected chi connectivity index (χ3v) is 8.94. The fourth-order valence-corrected chi connectivity index (χ4v) is 6.85. The van der Waals surface area contributed by atoms with Crippen molar-refractivity contribution in [3.8, 4) is 0 Å². The van der Waals surface area contributed by atoms with E-state index in [1.165, 1.54) is 16.4 Å². The van der Waals surface area contributed by atoms with Crippen molar-refractivity contribution in [3.63, 3.8) is 0 Å². The molecule has 1 N–H and O–H groups in total. The van der Waals surface area contributed by atoms with Gasteiger partial charge in [0.05, 0.1) is 11.3 Å². The van der Waals surface area contributed by atoms with Gasteiger partial charge in [-0.2, -0.15) is 22.6 Å². The summed E-state index contributed by atoms with van der Waals surface area (Å²) in [5.74, 6) is -0.578. The number of benzene rings is 1. The van der Waals surface area contributed by atoms with Crippen LogP contribution in [-0.2, 0) is 29.2 Å². The first kappa shape index (κ1) is 25.7. The summed E-state index contributed by atoms with van der Waals surface area (Å²) < 4.78 is 67.5. The highest BCUT2D eigenvalue weighted by atomic mass is 32.2. The summed E-state index contributed by atoms with van der Waals surface area (Å²) in [7, 11) is -3.47. The number of nitrogens with zero attached hydrogens (tertiary/aromatic N) is 3. The summed E-state index contributed by atoms with van der Waals surface area (Å²) in [4.78, 5) is 15.0. The number of alkyl halides is 3. The minimum absolute atomic E-state index is 0.0167. The predicted octanol–water partition coefficient (Wildman–Crippen LogP) is 4.18. The number of fused-ring (bicyclic) bond motifs is 1. The first-order chi connectivity index (χ1) is 16.5. The largest absolute Gasteiger partial charge is 0.416 e. The van der Waals surface area contributed by atoms with E-state index in [-0.39, 0.29) is 41.3 Å². The maximum absolute atomic E-state index is 13.4. The van der Waals surface area contributed by atoms with Gasteiger partial charge in [0.1, 0.15) is 0 Å². The van der Waals surface area contributed by atoms with E-state index in [0.29, 0.717) is 50.9 Å². The zero-order valence-electron chi connectivity index (χ0n) is 19.9. The van der Waals surface area contributed by atoms with Crippen LogP contribution in [0.1, 0.15) is 71.9 Å². The Morgan fingerprint density at radius 3 is 2.51 bits per heavy atom. The Labute approximate surface area is 203 Å². The molecule has 1 aromatic heterocycles. The average Bonchev–Trinajstić information content (AvgIpc) is 3.06. The number of aryl methyl sites for hydroxylation is 1. The van der Waals surface area contributed by atoms with Crippen molar-refractivity contribution in [1.29, 1.82) is 0 Å². The van der Waals surface area contributed by atoms with Crippen molar-refractivity contribution >= 4 is 15.9 Å². The molecule has 11 heteroatoms. The van der Waals surface area contributed by atoms with Gasteiger partial charge in [-0.3, -0.25) is 9.89 Å².